The van der Waals surface area contributed by atoms with Crippen molar-refractivity contribution in [3.05, 3.63) is 0 Å². The van der Waals surface area contributed by atoms with Gasteiger partial charge in [0.1, 0.15) is 36.6 Å². The zero-order valence-corrected chi connectivity index (χ0v) is 26.2. The van der Waals surface area contributed by atoms with Crippen LogP contribution in [0.1, 0.15) is 97.8 Å². The van der Waals surface area contributed by atoms with E-state index in [0.717, 1.165) is 64.7 Å². The molecule has 0 spiro atoms. The Morgan fingerprint density at radius 1 is 0.884 bits per heavy atom. The molecule has 43 heavy (non-hydrogen) atoms. The number of aliphatic hydroxyl groups excluding tert-OH is 5. The summed E-state index contributed by atoms with van der Waals surface area (Å²) in [5, 5.41) is 64.2. The molecule has 1 amide bonds. The molecule has 1 fully saturated rings. The first-order valence-corrected chi connectivity index (χ1v) is 15.9. The first-order valence-electron chi connectivity index (χ1n) is 15.9. The Kier molecular flexibility index (Phi) is 20.4. The Balaban J connectivity index is 2.99. The molecule has 0 aromatic rings. The van der Waals surface area contributed by atoms with Crippen LogP contribution < -0.4 is 5.32 Å². The van der Waals surface area contributed by atoms with Crippen molar-refractivity contribution in [3.63, 3.8) is 0 Å². The van der Waals surface area contributed by atoms with Gasteiger partial charge in [0.2, 0.25) is 5.91 Å². The van der Waals surface area contributed by atoms with Gasteiger partial charge in [-0.1, -0.05) is 78.1 Å². The summed E-state index contributed by atoms with van der Waals surface area (Å²) in [7, 11) is 0. The smallest absolute Gasteiger partial charge is 0.367 e. The number of carboxylic acids is 1. The minimum Gasteiger partial charge on any atom is -0.477 e. The molecule has 1 saturated heterocycles. The van der Waals surface area contributed by atoms with Gasteiger partial charge in [0.05, 0.1) is 25.9 Å². The van der Waals surface area contributed by atoms with Gasteiger partial charge in [-0.05, 0) is 12.8 Å². The first-order chi connectivity index (χ1) is 20.5. The highest BCUT2D eigenvalue weighted by molar-refractivity contribution is 5.77. The van der Waals surface area contributed by atoms with Gasteiger partial charge in [-0.25, -0.2) is 4.79 Å². The van der Waals surface area contributed by atoms with Gasteiger partial charge in [0, 0.05) is 20.1 Å². The largest absolute Gasteiger partial charge is 0.477 e. The minimum absolute atomic E-state index is 0.0862. The van der Waals surface area contributed by atoms with Crippen molar-refractivity contribution in [1.29, 1.82) is 0 Å². The molecule has 0 aliphatic carbocycles. The van der Waals surface area contributed by atoms with Crippen LogP contribution in [0.2, 0.25) is 0 Å². The zero-order valence-electron chi connectivity index (χ0n) is 26.2. The lowest BCUT2D eigenvalue weighted by Gasteiger charge is -2.49. The third kappa shape index (κ3) is 13.6. The number of amides is 1. The molecular formula is C30H57NO12. The SMILES string of the molecule is CCCCCCCCOC[C@H](CO[C@@]1(C(=O)O)O[C@@H]([C@H](O)[C@H](O)CO)[C@H](NC(C)=O)[C@@H](O)[C@@H]1O)OCCCCCCCC. The molecule has 254 valence electrons. The number of unbranched alkanes of at least 4 members (excludes halogenated alkanes) is 10. The predicted molar refractivity (Wildman–Crippen MR) is 157 cm³/mol. The van der Waals surface area contributed by atoms with Crippen molar-refractivity contribution >= 4 is 11.9 Å². The lowest BCUT2D eigenvalue weighted by molar-refractivity contribution is -0.351. The van der Waals surface area contributed by atoms with E-state index in [4.69, 9.17) is 18.9 Å². The standard InChI is InChI=1S/C30H57NO12/c1-4-6-8-10-12-14-16-40-19-22(41-17-15-13-11-9-7-5-2)20-42-30(29(38)39)28(37)26(36)24(31-21(3)33)27(43-30)25(35)23(34)18-32/h22-28,32,34-37H,4-20H2,1-3H3,(H,31,33)(H,38,39)/t22-,23-,24-,25-,26-,27-,28+,30-/m1/s1. The first kappa shape index (κ1) is 39.6. The summed E-state index contributed by atoms with van der Waals surface area (Å²) in [5.74, 6) is -5.38. The van der Waals surface area contributed by atoms with Crippen molar-refractivity contribution in [3.8, 4) is 0 Å². The van der Waals surface area contributed by atoms with E-state index in [2.05, 4.69) is 19.2 Å². The molecule has 0 bridgehead atoms. The maximum atomic E-state index is 12.5. The molecule has 1 rings (SSSR count). The fourth-order valence-corrected chi connectivity index (χ4v) is 5.02. The summed E-state index contributed by atoms with van der Waals surface area (Å²) in [5.41, 5.74) is 0. The molecular weight excluding hydrogens is 566 g/mol. The molecule has 13 nitrogen and oxygen atoms in total. The van der Waals surface area contributed by atoms with Gasteiger partial charge < -0.3 is 54.9 Å². The topological polar surface area (TPSA) is 204 Å². The second-order valence-electron chi connectivity index (χ2n) is 11.4. The van der Waals surface area contributed by atoms with E-state index in [0.29, 0.717) is 13.2 Å². The van der Waals surface area contributed by atoms with Crippen molar-refractivity contribution in [1.82, 2.24) is 5.32 Å². The van der Waals surface area contributed by atoms with Gasteiger partial charge in [-0.2, -0.15) is 0 Å². The number of hydrogen-bond acceptors (Lipinski definition) is 11. The summed E-state index contributed by atoms with van der Waals surface area (Å²) in [6.07, 6.45) is 2.36. The van der Waals surface area contributed by atoms with Crippen molar-refractivity contribution < 1.29 is 59.2 Å². The van der Waals surface area contributed by atoms with Gasteiger partial charge >= 0.3 is 5.97 Å². The second-order valence-corrected chi connectivity index (χ2v) is 11.4. The summed E-state index contributed by atoms with van der Waals surface area (Å²) >= 11 is 0. The number of carboxylic acid groups (broad SMARTS) is 1. The van der Waals surface area contributed by atoms with Crippen LogP contribution in [0.15, 0.2) is 0 Å². The van der Waals surface area contributed by atoms with Crippen molar-refractivity contribution in [2.75, 3.05) is 33.0 Å². The van der Waals surface area contributed by atoms with E-state index in [-0.39, 0.29) is 6.61 Å². The maximum absolute atomic E-state index is 12.5. The van der Waals surface area contributed by atoms with Gasteiger partial charge in [0.15, 0.2) is 0 Å². The Morgan fingerprint density at radius 2 is 1.44 bits per heavy atom. The minimum atomic E-state index is -2.89. The Morgan fingerprint density at radius 3 is 1.98 bits per heavy atom. The second kappa shape index (κ2) is 22.1. The summed E-state index contributed by atoms with van der Waals surface area (Å²) < 4.78 is 23.0. The van der Waals surface area contributed by atoms with Crippen LogP contribution in [0.4, 0.5) is 0 Å². The maximum Gasteiger partial charge on any atom is 0.367 e. The van der Waals surface area contributed by atoms with Crippen LogP contribution >= 0.6 is 0 Å². The average molecular weight is 624 g/mol. The summed E-state index contributed by atoms with van der Waals surface area (Å²) in [6, 6.07) is -1.53. The van der Waals surface area contributed by atoms with Crippen LogP contribution in [0.5, 0.6) is 0 Å². The number of carbonyl (C=O) groups is 2. The quantitative estimate of drug-likeness (QED) is 0.0718. The molecule has 1 aliphatic rings. The molecule has 0 unspecified atom stereocenters. The molecule has 13 heteroatoms. The molecule has 0 aromatic heterocycles. The third-order valence-corrected chi connectivity index (χ3v) is 7.61. The summed E-state index contributed by atoms with van der Waals surface area (Å²) in [4.78, 5) is 24.3. The fourth-order valence-electron chi connectivity index (χ4n) is 5.02. The number of nitrogens with one attached hydrogen (secondary N) is 1. The average Bonchev–Trinajstić information content (AvgIpc) is 2.98. The van der Waals surface area contributed by atoms with E-state index < -0.39 is 73.5 Å². The van der Waals surface area contributed by atoms with Gasteiger partial charge in [-0.15, -0.1) is 0 Å². The van der Waals surface area contributed by atoms with E-state index in [1.807, 2.05) is 0 Å². The highest BCUT2D eigenvalue weighted by Crippen LogP contribution is 2.34. The Bertz CT molecular complexity index is 759. The molecule has 0 radical (unpaired) electrons. The van der Waals surface area contributed by atoms with Crippen LogP contribution in [-0.4, -0.2) is 124 Å². The van der Waals surface area contributed by atoms with Gasteiger partial charge in [-0.3, -0.25) is 4.79 Å². The van der Waals surface area contributed by atoms with Crippen LogP contribution in [-0.2, 0) is 28.5 Å². The van der Waals surface area contributed by atoms with E-state index >= 15 is 0 Å². The van der Waals surface area contributed by atoms with Crippen molar-refractivity contribution in [2.45, 2.75) is 146 Å². The van der Waals surface area contributed by atoms with Crippen LogP contribution in [0.3, 0.4) is 0 Å². The number of carbonyl (C=O) groups excluding carboxylic acids is 1. The Labute approximate surface area is 255 Å². The monoisotopic (exact) mass is 623 g/mol. The van der Waals surface area contributed by atoms with Crippen LogP contribution in [0.25, 0.3) is 0 Å². The fraction of sp³-hybridized carbons (Fsp3) is 0.933. The number of rotatable bonds is 25. The normalized spacial score (nSPS) is 26.1. The number of ether oxygens (including phenoxy) is 4. The van der Waals surface area contributed by atoms with Gasteiger partial charge in [0.25, 0.3) is 5.79 Å². The molecule has 7 N–H and O–H groups in total. The summed E-state index contributed by atoms with van der Waals surface area (Å²) in [6.45, 7) is 5.03. The molecule has 0 aromatic carbocycles. The lowest BCUT2D eigenvalue weighted by Crippen LogP contribution is -2.74. The van der Waals surface area contributed by atoms with E-state index in [9.17, 15) is 40.2 Å². The lowest BCUT2D eigenvalue weighted by atomic mass is 9.86. The zero-order chi connectivity index (χ0) is 32.3. The van der Waals surface area contributed by atoms with Crippen molar-refractivity contribution in [2.24, 2.45) is 0 Å². The third-order valence-electron chi connectivity index (χ3n) is 7.61. The predicted octanol–water partition coefficient (Wildman–Crippen LogP) is 1.25. The number of aliphatic carboxylic acids is 1. The van der Waals surface area contributed by atoms with E-state index in [1.54, 1.807) is 0 Å². The molecule has 1 heterocycles. The number of aliphatic hydroxyl groups is 5. The van der Waals surface area contributed by atoms with Crippen LogP contribution in [0, 0.1) is 0 Å². The van der Waals surface area contributed by atoms with E-state index in [1.165, 1.54) is 19.3 Å². The molecule has 8 atom stereocenters. The Hall–Kier alpha value is -1.42. The molecule has 0 saturated carbocycles. The highest BCUT2D eigenvalue weighted by Gasteiger charge is 2.62. The number of hydrogen-bond donors (Lipinski definition) is 7. The highest BCUT2D eigenvalue weighted by atomic mass is 16.7. The molecule has 1 aliphatic heterocycles.